The van der Waals surface area contributed by atoms with Crippen LogP contribution >= 0.6 is 0 Å². The Kier molecular flexibility index (Phi) is 8.69. The second-order valence-corrected chi connectivity index (χ2v) is 9.12. The Morgan fingerprint density at radius 1 is 0.892 bits per heavy atom. The van der Waals surface area contributed by atoms with Crippen LogP contribution in [0.15, 0.2) is 24.3 Å². The first-order chi connectivity index (χ1) is 17.7. The molecule has 0 bridgehead atoms. The maximum Gasteiger partial charge on any atom is 0.339 e. The van der Waals surface area contributed by atoms with Crippen LogP contribution in [-0.4, -0.2) is 45.3 Å². The number of aromatic hydroxyl groups is 1. The lowest BCUT2D eigenvalue weighted by Gasteiger charge is -2.23. The summed E-state index contributed by atoms with van der Waals surface area (Å²) in [4.78, 5) is 27.1. The molecular formula is C30H36O7. The van der Waals surface area contributed by atoms with Crippen molar-refractivity contribution in [2.24, 2.45) is 5.92 Å². The lowest BCUT2D eigenvalue weighted by molar-refractivity contribution is 0.0597. The van der Waals surface area contributed by atoms with Gasteiger partial charge in [0.25, 0.3) is 0 Å². The third kappa shape index (κ3) is 4.95. The molecule has 0 aliphatic rings. The van der Waals surface area contributed by atoms with E-state index < -0.39 is 5.97 Å². The number of fused-ring (bicyclic) bond motifs is 1. The number of carbonyl (C=O) groups excluding carboxylic acids is 2. The van der Waals surface area contributed by atoms with Gasteiger partial charge in [-0.1, -0.05) is 32.8 Å². The van der Waals surface area contributed by atoms with Gasteiger partial charge in [-0.25, -0.2) is 4.79 Å². The van der Waals surface area contributed by atoms with Crippen LogP contribution in [-0.2, 0) is 4.74 Å². The third-order valence-electron chi connectivity index (χ3n) is 7.12. The zero-order valence-electron chi connectivity index (χ0n) is 22.9. The van der Waals surface area contributed by atoms with Gasteiger partial charge in [-0.2, -0.15) is 0 Å². The molecule has 0 aliphatic heterocycles. The minimum atomic E-state index is -0.714. The topological polar surface area (TPSA) is 91.3 Å². The molecule has 0 spiro atoms. The van der Waals surface area contributed by atoms with Gasteiger partial charge in [0.1, 0.15) is 11.5 Å². The monoisotopic (exact) mass is 508 g/mol. The summed E-state index contributed by atoms with van der Waals surface area (Å²) in [5.41, 5.74) is 2.58. The molecule has 0 heterocycles. The minimum absolute atomic E-state index is 0.0182. The third-order valence-corrected chi connectivity index (χ3v) is 7.12. The molecule has 1 N–H and O–H groups in total. The molecular weight excluding hydrogens is 472 g/mol. The molecule has 0 amide bonds. The average molecular weight is 509 g/mol. The zero-order valence-corrected chi connectivity index (χ0v) is 22.9. The van der Waals surface area contributed by atoms with E-state index in [2.05, 4.69) is 0 Å². The molecule has 0 radical (unpaired) electrons. The van der Waals surface area contributed by atoms with E-state index in [0.29, 0.717) is 39.1 Å². The average Bonchev–Trinajstić information content (AvgIpc) is 2.90. The molecule has 0 atom stereocenters. The summed E-state index contributed by atoms with van der Waals surface area (Å²) >= 11 is 0. The van der Waals surface area contributed by atoms with Crippen molar-refractivity contribution in [1.29, 1.82) is 0 Å². The molecule has 198 valence electrons. The molecule has 0 unspecified atom stereocenters. The van der Waals surface area contributed by atoms with Crippen molar-refractivity contribution < 1.29 is 33.6 Å². The SMILES string of the molecule is CCC(CC)CC(=O)c1c(C(=O)OC)c(-c2ccc(OC)c(OC)c2)c2c(C)c(OC)c(C)cc2c1O. The summed E-state index contributed by atoms with van der Waals surface area (Å²) in [7, 11) is 5.91. The Morgan fingerprint density at radius 3 is 2.08 bits per heavy atom. The highest BCUT2D eigenvalue weighted by Gasteiger charge is 2.32. The number of esters is 1. The van der Waals surface area contributed by atoms with Crippen molar-refractivity contribution >= 4 is 22.5 Å². The fourth-order valence-corrected chi connectivity index (χ4v) is 5.09. The van der Waals surface area contributed by atoms with Gasteiger partial charge in [0.15, 0.2) is 17.3 Å². The Balaban J connectivity index is 2.59. The number of phenols is 1. The van der Waals surface area contributed by atoms with E-state index in [-0.39, 0.29) is 35.0 Å². The van der Waals surface area contributed by atoms with Crippen LogP contribution in [0.25, 0.3) is 21.9 Å². The van der Waals surface area contributed by atoms with E-state index in [0.717, 1.165) is 24.0 Å². The quantitative estimate of drug-likeness (QED) is 0.242. The van der Waals surface area contributed by atoms with Crippen LogP contribution in [0.1, 0.15) is 65.0 Å². The molecule has 0 aromatic heterocycles. The molecule has 37 heavy (non-hydrogen) atoms. The fraction of sp³-hybridized carbons (Fsp3) is 0.400. The number of ketones is 1. The van der Waals surface area contributed by atoms with E-state index in [4.69, 9.17) is 18.9 Å². The highest BCUT2D eigenvalue weighted by atomic mass is 16.5. The van der Waals surface area contributed by atoms with E-state index in [1.165, 1.54) is 14.2 Å². The first-order valence-corrected chi connectivity index (χ1v) is 12.4. The van der Waals surface area contributed by atoms with Crippen molar-refractivity contribution in [2.45, 2.75) is 47.0 Å². The number of rotatable bonds is 10. The Labute approximate surface area is 218 Å². The smallest absolute Gasteiger partial charge is 0.339 e. The van der Waals surface area contributed by atoms with Crippen LogP contribution in [0, 0.1) is 19.8 Å². The molecule has 7 heteroatoms. The lowest BCUT2D eigenvalue weighted by atomic mass is 9.82. The summed E-state index contributed by atoms with van der Waals surface area (Å²) in [6.45, 7) is 7.79. The summed E-state index contributed by atoms with van der Waals surface area (Å²) in [5, 5.41) is 12.6. The van der Waals surface area contributed by atoms with Crippen LogP contribution < -0.4 is 14.2 Å². The van der Waals surface area contributed by atoms with E-state index in [1.807, 2.05) is 27.7 Å². The number of methoxy groups -OCH3 is 4. The van der Waals surface area contributed by atoms with Gasteiger partial charge in [-0.3, -0.25) is 4.79 Å². The molecule has 0 saturated carbocycles. The number of benzene rings is 3. The van der Waals surface area contributed by atoms with E-state index in [1.54, 1.807) is 38.5 Å². The highest BCUT2D eigenvalue weighted by molar-refractivity contribution is 6.20. The molecule has 3 aromatic rings. The van der Waals surface area contributed by atoms with Gasteiger partial charge in [-0.15, -0.1) is 0 Å². The lowest BCUT2D eigenvalue weighted by Crippen LogP contribution is -2.16. The number of hydrogen-bond donors (Lipinski definition) is 1. The summed E-state index contributed by atoms with van der Waals surface area (Å²) in [5.74, 6) is 0.472. The largest absolute Gasteiger partial charge is 0.507 e. The van der Waals surface area contributed by atoms with Crippen molar-refractivity contribution in [3.63, 3.8) is 0 Å². The van der Waals surface area contributed by atoms with Crippen molar-refractivity contribution in [1.82, 2.24) is 0 Å². The first-order valence-electron chi connectivity index (χ1n) is 12.4. The van der Waals surface area contributed by atoms with Gasteiger partial charge in [-0.05, 0) is 54.7 Å². The van der Waals surface area contributed by atoms with Gasteiger partial charge in [0.05, 0.1) is 39.6 Å². The minimum Gasteiger partial charge on any atom is -0.507 e. The van der Waals surface area contributed by atoms with Crippen LogP contribution in [0.3, 0.4) is 0 Å². The number of phenolic OH excluding ortho intramolecular Hbond substituents is 1. The zero-order chi connectivity index (χ0) is 27.4. The predicted octanol–water partition coefficient (Wildman–Crippen LogP) is 6.65. The standard InChI is InChI=1S/C30H36O7/c1-9-18(10-2)14-21(31)26-27(30(33)37-8)25(19-11-12-22(34-5)23(15-19)35-6)24-17(4)29(36-7)16(3)13-20(24)28(26)32/h11-13,15,18,32H,9-10,14H2,1-8H3. The van der Waals surface area contributed by atoms with Gasteiger partial charge in [0, 0.05) is 22.8 Å². The van der Waals surface area contributed by atoms with E-state index in [9.17, 15) is 14.7 Å². The Bertz CT molecular complexity index is 1340. The molecule has 0 fully saturated rings. The maximum atomic E-state index is 13.7. The molecule has 7 nitrogen and oxygen atoms in total. The second-order valence-electron chi connectivity index (χ2n) is 9.12. The number of carbonyl (C=O) groups is 2. The van der Waals surface area contributed by atoms with Crippen molar-refractivity contribution in [3.05, 3.63) is 46.5 Å². The number of Topliss-reactive ketones (excluding diaryl/α,β-unsaturated/α-hetero) is 1. The van der Waals surface area contributed by atoms with Crippen molar-refractivity contribution in [2.75, 3.05) is 28.4 Å². The predicted molar refractivity (Wildman–Crippen MR) is 145 cm³/mol. The van der Waals surface area contributed by atoms with Gasteiger partial charge < -0.3 is 24.1 Å². The number of hydrogen-bond acceptors (Lipinski definition) is 7. The molecule has 0 aliphatic carbocycles. The van der Waals surface area contributed by atoms with Crippen LogP contribution in [0.2, 0.25) is 0 Å². The summed E-state index contributed by atoms with van der Waals surface area (Å²) in [6, 6.07) is 7.06. The van der Waals surface area contributed by atoms with Crippen LogP contribution in [0.4, 0.5) is 0 Å². The van der Waals surface area contributed by atoms with Crippen molar-refractivity contribution in [3.8, 4) is 34.1 Å². The molecule has 3 aromatic carbocycles. The molecule has 0 saturated heterocycles. The second kappa shape index (κ2) is 11.5. The highest BCUT2D eigenvalue weighted by Crippen LogP contribution is 2.47. The maximum absolute atomic E-state index is 13.7. The fourth-order valence-electron chi connectivity index (χ4n) is 5.09. The van der Waals surface area contributed by atoms with Crippen LogP contribution in [0.5, 0.6) is 23.0 Å². The Hall–Kier alpha value is -3.74. The van der Waals surface area contributed by atoms with Gasteiger partial charge in [0.2, 0.25) is 0 Å². The molecule has 3 rings (SSSR count). The first kappa shape index (κ1) is 27.8. The summed E-state index contributed by atoms with van der Waals surface area (Å²) < 4.78 is 21.8. The van der Waals surface area contributed by atoms with E-state index >= 15 is 0 Å². The summed E-state index contributed by atoms with van der Waals surface area (Å²) in [6.07, 6.45) is 1.82. The van der Waals surface area contributed by atoms with Gasteiger partial charge >= 0.3 is 5.97 Å². The normalized spacial score (nSPS) is 11.1. The number of ether oxygens (including phenoxy) is 4. The Morgan fingerprint density at radius 2 is 1.54 bits per heavy atom. The number of aryl methyl sites for hydroxylation is 2.